The van der Waals surface area contributed by atoms with E-state index in [0.717, 1.165) is 13.8 Å². The second kappa shape index (κ2) is 12.0. The lowest BCUT2D eigenvalue weighted by Crippen LogP contribution is -2.67. The van der Waals surface area contributed by atoms with Crippen molar-refractivity contribution in [3.63, 3.8) is 0 Å². The molecule has 6 atom stereocenters. The van der Waals surface area contributed by atoms with E-state index in [1.807, 2.05) is 0 Å². The first-order chi connectivity index (χ1) is 14.0. The highest BCUT2D eigenvalue weighted by Gasteiger charge is 2.53. The van der Waals surface area contributed by atoms with E-state index in [0.29, 0.717) is 13.1 Å². The largest absolute Gasteiger partial charge is 0.463 e. The van der Waals surface area contributed by atoms with E-state index in [-0.39, 0.29) is 6.61 Å². The highest BCUT2D eigenvalue weighted by Crippen LogP contribution is 2.29. The summed E-state index contributed by atoms with van der Waals surface area (Å²) in [6.45, 7) is 8.88. The van der Waals surface area contributed by atoms with Crippen LogP contribution in [0.4, 0.5) is 0 Å². The molecule has 0 saturated carbocycles. The van der Waals surface area contributed by atoms with Crippen molar-refractivity contribution < 1.29 is 42.3 Å². The topological polar surface area (TPSA) is 138 Å². The minimum atomic E-state index is -1.76. The molecule has 0 bridgehead atoms. The van der Waals surface area contributed by atoms with Crippen LogP contribution in [0, 0.1) is 0 Å². The van der Waals surface area contributed by atoms with Crippen LogP contribution >= 0.6 is 0 Å². The number of amides is 1. The molecule has 1 N–H and O–H groups in total. The predicted molar refractivity (Wildman–Crippen MR) is 105 cm³/mol. The predicted octanol–water partition coefficient (Wildman–Crippen LogP) is -0.352. The van der Waals surface area contributed by atoms with Crippen LogP contribution in [0.2, 0.25) is 0 Å². The van der Waals surface area contributed by atoms with Gasteiger partial charge in [0.25, 0.3) is 0 Å². The van der Waals surface area contributed by atoms with Crippen molar-refractivity contribution in [1.82, 2.24) is 9.62 Å². The van der Waals surface area contributed by atoms with E-state index < -0.39 is 64.6 Å². The SMILES string of the molecule is CCN(CC)S(=O)[C@H]1O[C@H](COC(C)=O)[C@@H](OC(C)=O)[C@H](OC(C)=O)[C@H]1NC(C)=O. The first-order valence-electron chi connectivity index (χ1n) is 9.57. The van der Waals surface area contributed by atoms with Gasteiger partial charge in [-0.15, -0.1) is 0 Å². The van der Waals surface area contributed by atoms with Gasteiger partial charge in [0.05, 0.1) is 0 Å². The summed E-state index contributed by atoms with van der Waals surface area (Å²) in [6.07, 6.45) is -3.49. The van der Waals surface area contributed by atoms with Crippen LogP contribution in [0.25, 0.3) is 0 Å². The molecular formula is C18H30N2O9S. The van der Waals surface area contributed by atoms with Gasteiger partial charge in [0.15, 0.2) is 17.6 Å². The summed E-state index contributed by atoms with van der Waals surface area (Å²) >= 11 is 0. The van der Waals surface area contributed by atoms with Gasteiger partial charge in [-0.25, -0.2) is 8.51 Å². The van der Waals surface area contributed by atoms with Crippen molar-refractivity contribution >= 4 is 34.8 Å². The third-order valence-electron chi connectivity index (χ3n) is 4.23. The Bertz CT molecular complexity index is 668. The van der Waals surface area contributed by atoms with Crippen LogP contribution < -0.4 is 5.32 Å². The monoisotopic (exact) mass is 450 g/mol. The average Bonchev–Trinajstić information content (AvgIpc) is 2.63. The van der Waals surface area contributed by atoms with E-state index in [1.165, 1.54) is 13.8 Å². The van der Waals surface area contributed by atoms with Crippen LogP contribution in [0.3, 0.4) is 0 Å². The zero-order valence-corrected chi connectivity index (χ0v) is 18.9. The summed E-state index contributed by atoms with van der Waals surface area (Å²) in [5.74, 6) is -2.48. The van der Waals surface area contributed by atoms with E-state index in [2.05, 4.69) is 5.32 Å². The second-order valence-electron chi connectivity index (χ2n) is 6.61. The van der Waals surface area contributed by atoms with E-state index in [1.54, 1.807) is 18.2 Å². The molecular weight excluding hydrogens is 420 g/mol. The molecule has 1 fully saturated rings. The Kier molecular flexibility index (Phi) is 10.4. The molecule has 1 saturated heterocycles. The summed E-state index contributed by atoms with van der Waals surface area (Å²) in [6, 6.07) is -1.08. The van der Waals surface area contributed by atoms with Crippen molar-refractivity contribution in [2.45, 2.75) is 71.3 Å². The molecule has 0 aliphatic carbocycles. The maximum atomic E-state index is 13.2. The molecule has 0 aromatic rings. The summed E-state index contributed by atoms with van der Waals surface area (Å²) in [5, 5.41) is 2.60. The van der Waals surface area contributed by atoms with Crippen molar-refractivity contribution in [3.8, 4) is 0 Å². The fourth-order valence-corrected chi connectivity index (χ4v) is 4.60. The van der Waals surface area contributed by atoms with Gasteiger partial charge in [-0.05, 0) is 0 Å². The highest BCUT2D eigenvalue weighted by molar-refractivity contribution is 7.83. The maximum absolute atomic E-state index is 13.2. The van der Waals surface area contributed by atoms with Gasteiger partial charge >= 0.3 is 17.9 Å². The maximum Gasteiger partial charge on any atom is 0.303 e. The van der Waals surface area contributed by atoms with Crippen LogP contribution in [-0.2, 0) is 49.1 Å². The Morgan fingerprint density at radius 2 is 1.47 bits per heavy atom. The first kappa shape index (κ1) is 26.0. The number of ether oxygens (including phenoxy) is 4. The molecule has 11 nitrogen and oxygen atoms in total. The molecule has 1 aliphatic rings. The van der Waals surface area contributed by atoms with E-state index in [4.69, 9.17) is 18.9 Å². The number of nitrogens with zero attached hydrogens (tertiary/aromatic N) is 1. The minimum Gasteiger partial charge on any atom is -0.463 e. The normalized spacial score (nSPS) is 27.1. The van der Waals surface area contributed by atoms with Crippen LogP contribution in [-0.4, -0.2) is 81.8 Å². The third kappa shape index (κ3) is 7.33. The first-order valence-corrected chi connectivity index (χ1v) is 10.7. The van der Waals surface area contributed by atoms with E-state index >= 15 is 0 Å². The zero-order chi connectivity index (χ0) is 23.0. The summed E-state index contributed by atoms with van der Waals surface area (Å²) in [4.78, 5) is 46.6. The van der Waals surface area contributed by atoms with Gasteiger partial charge in [-0.2, -0.15) is 0 Å². The lowest BCUT2D eigenvalue weighted by Gasteiger charge is -2.45. The summed E-state index contributed by atoms with van der Waals surface area (Å²) < 4.78 is 36.4. The lowest BCUT2D eigenvalue weighted by atomic mass is 9.97. The molecule has 12 heteroatoms. The van der Waals surface area contributed by atoms with Crippen molar-refractivity contribution in [1.29, 1.82) is 0 Å². The summed E-state index contributed by atoms with van der Waals surface area (Å²) in [7, 11) is -1.76. The molecule has 1 unspecified atom stereocenters. The standard InChI is InChI=1S/C18H30N2O9S/c1-7-20(8-2)30(25)18-15(19-10(3)21)17(28-13(6)24)16(27-12(5)23)14(29-18)9-26-11(4)22/h14-18H,7-9H2,1-6H3,(H,19,21)/t14-,15-,16-,17-,18-,30?/m1/s1. The molecule has 1 rings (SSSR count). The van der Waals surface area contributed by atoms with Crippen LogP contribution in [0.5, 0.6) is 0 Å². The Morgan fingerprint density at radius 3 is 1.90 bits per heavy atom. The smallest absolute Gasteiger partial charge is 0.303 e. The molecule has 0 spiro atoms. The third-order valence-corrected chi connectivity index (χ3v) is 6.06. The lowest BCUT2D eigenvalue weighted by molar-refractivity contribution is -0.212. The highest BCUT2D eigenvalue weighted by atomic mass is 32.2. The Balaban J connectivity index is 3.44. The van der Waals surface area contributed by atoms with Crippen molar-refractivity contribution in [2.24, 2.45) is 0 Å². The molecule has 0 aromatic heterocycles. The van der Waals surface area contributed by atoms with Crippen molar-refractivity contribution in [2.75, 3.05) is 19.7 Å². The minimum absolute atomic E-state index is 0.330. The van der Waals surface area contributed by atoms with Gasteiger partial charge in [-0.3, -0.25) is 19.2 Å². The quantitative estimate of drug-likeness (QED) is 0.369. The molecule has 1 amide bonds. The molecule has 30 heavy (non-hydrogen) atoms. The van der Waals surface area contributed by atoms with Gasteiger partial charge in [0, 0.05) is 40.8 Å². The van der Waals surface area contributed by atoms with Crippen LogP contribution in [0.15, 0.2) is 0 Å². The fraction of sp³-hybridized carbons (Fsp3) is 0.778. The number of rotatable bonds is 9. The Morgan fingerprint density at radius 1 is 0.933 bits per heavy atom. The van der Waals surface area contributed by atoms with Gasteiger partial charge < -0.3 is 24.3 Å². The van der Waals surface area contributed by atoms with Gasteiger partial charge in [-0.1, -0.05) is 13.8 Å². The Hall–Kier alpha value is -2.05. The number of nitrogens with one attached hydrogen (secondary N) is 1. The number of hydrogen-bond acceptors (Lipinski definition) is 9. The molecule has 0 radical (unpaired) electrons. The van der Waals surface area contributed by atoms with Crippen molar-refractivity contribution in [3.05, 3.63) is 0 Å². The molecule has 1 heterocycles. The van der Waals surface area contributed by atoms with Crippen LogP contribution in [0.1, 0.15) is 41.5 Å². The van der Waals surface area contributed by atoms with E-state index in [9.17, 15) is 23.4 Å². The number of hydrogen-bond donors (Lipinski definition) is 1. The average molecular weight is 451 g/mol. The Labute approximate surface area is 178 Å². The molecule has 0 aromatic carbocycles. The summed E-state index contributed by atoms with van der Waals surface area (Å²) in [5.41, 5.74) is -1.15. The molecule has 1 aliphatic heterocycles. The molecule has 172 valence electrons. The number of carbonyl (C=O) groups excluding carboxylic acids is 4. The second-order valence-corrected chi connectivity index (χ2v) is 8.14. The zero-order valence-electron chi connectivity index (χ0n) is 18.0. The number of carbonyl (C=O) groups is 4. The van der Waals surface area contributed by atoms with Gasteiger partial charge in [0.1, 0.15) is 29.7 Å². The van der Waals surface area contributed by atoms with Gasteiger partial charge in [0.2, 0.25) is 5.91 Å². The number of esters is 3. The fourth-order valence-electron chi connectivity index (χ4n) is 3.09.